The number of hydrogen-bond acceptors (Lipinski definition) is 5. The van der Waals surface area contributed by atoms with Gasteiger partial charge in [0.2, 0.25) is 0 Å². The molecule has 238 valence electrons. The minimum Gasteiger partial charge on any atom is -0.368 e. The average Bonchev–Trinajstić information content (AvgIpc) is 3.62. The van der Waals surface area contributed by atoms with E-state index in [1.54, 1.807) is 0 Å². The second-order valence-electron chi connectivity index (χ2n) is 12.7. The van der Waals surface area contributed by atoms with Crippen molar-refractivity contribution in [3.05, 3.63) is 174 Å². The summed E-state index contributed by atoms with van der Waals surface area (Å²) < 4.78 is 2.14. The summed E-state index contributed by atoms with van der Waals surface area (Å²) in [6.07, 6.45) is 4.12. The lowest BCUT2D eigenvalue weighted by Crippen LogP contribution is -2.44. The van der Waals surface area contributed by atoms with Crippen LogP contribution >= 0.6 is 0 Å². The highest BCUT2D eigenvalue weighted by atomic mass is 15.3. The molecular formula is C43H36N6. The molecule has 6 heteroatoms. The number of aromatic nitrogens is 3. The molecule has 1 saturated heterocycles. The molecule has 5 aromatic carbocycles. The minimum absolute atomic E-state index is 0.616. The molecule has 7 aromatic rings. The Balaban J connectivity index is 1.40. The van der Waals surface area contributed by atoms with Gasteiger partial charge in [-0.25, -0.2) is 0 Å². The third-order valence-corrected chi connectivity index (χ3v) is 9.79. The van der Waals surface area contributed by atoms with Crippen LogP contribution in [0.5, 0.6) is 0 Å². The lowest BCUT2D eigenvalue weighted by molar-refractivity contribution is 0.313. The minimum atomic E-state index is -0.771. The van der Waals surface area contributed by atoms with Gasteiger partial charge in [-0.3, -0.25) is 9.67 Å². The van der Waals surface area contributed by atoms with Gasteiger partial charge in [-0.1, -0.05) is 109 Å². The van der Waals surface area contributed by atoms with Crippen molar-refractivity contribution in [1.82, 2.24) is 19.7 Å². The van der Waals surface area contributed by atoms with Gasteiger partial charge in [0.25, 0.3) is 0 Å². The molecule has 3 heterocycles. The van der Waals surface area contributed by atoms with E-state index in [1.807, 2.05) is 30.5 Å². The zero-order valence-electron chi connectivity index (χ0n) is 27.4. The van der Waals surface area contributed by atoms with Crippen LogP contribution < -0.4 is 4.90 Å². The van der Waals surface area contributed by atoms with Crippen molar-refractivity contribution in [1.29, 1.82) is 5.26 Å². The van der Waals surface area contributed by atoms with Crippen LogP contribution in [0.25, 0.3) is 33.3 Å². The molecule has 0 spiro atoms. The summed E-state index contributed by atoms with van der Waals surface area (Å²) in [5.41, 5.74) is 9.20. The Bertz CT molecular complexity index is 2150. The van der Waals surface area contributed by atoms with E-state index in [4.69, 9.17) is 10.1 Å². The monoisotopic (exact) mass is 636 g/mol. The number of rotatable bonds is 7. The third-order valence-electron chi connectivity index (χ3n) is 9.79. The van der Waals surface area contributed by atoms with Gasteiger partial charge in [0.15, 0.2) is 0 Å². The third kappa shape index (κ3) is 5.44. The van der Waals surface area contributed by atoms with Crippen LogP contribution in [0.4, 0.5) is 5.69 Å². The number of piperazine rings is 1. The van der Waals surface area contributed by atoms with Gasteiger partial charge in [-0.2, -0.15) is 10.4 Å². The van der Waals surface area contributed by atoms with Gasteiger partial charge in [-0.05, 0) is 59.6 Å². The lowest BCUT2D eigenvalue weighted by atomic mass is 9.77. The van der Waals surface area contributed by atoms with Crippen LogP contribution in [0.2, 0.25) is 0 Å². The van der Waals surface area contributed by atoms with Gasteiger partial charge in [0.05, 0.1) is 17.1 Å². The van der Waals surface area contributed by atoms with Crippen molar-refractivity contribution in [2.45, 2.75) is 5.54 Å². The number of anilines is 1. The van der Waals surface area contributed by atoms with Crippen LogP contribution in [0.1, 0.15) is 22.3 Å². The molecule has 0 unspecified atom stereocenters. The van der Waals surface area contributed by atoms with E-state index >= 15 is 0 Å². The fourth-order valence-corrected chi connectivity index (χ4v) is 7.23. The predicted molar refractivity (Wildman–Crippen MR) is 197 cm³/mol. The average molecular weight is 637 g/mol. The van der Waals surface area contributed by atoms with E-state index < -0.39 is 5.54 Å². The van der Waals surface area contributed by atoms with Crippen LogP contribution in [-0.2, 0) is 5.54 Å². The Morgan fingerprint density at radius 3 is 1.80 bits per heavy atom. The fraction of sp³-hybridized carbons (Fsp3) is 0.140. The van der Waals surface area contributed by atoms with E-state index in [2.05, 4.69) is 149 Å². The number of hydrogen-bond donors (Lipinski definition) is 0. The Labute approximate surface area is 287 Å². The summed E-state index contributed by atoms with van der Waals surface area (Å²) in [5, 5.41) is 16.2. The molecule has 8 rings (SSSR count). The fourth-order valence-electron chi connectivity index (χ4n) is 7.23. The van der Waals surface area contributed by atoms with Gasteiger partial charge in [0, 0.05) is 60.8 Å². The Morgan fingerprint density at radius 1 is 0.653 bits per heavy atom. The highest BCUT2D eigenvalue weighted by molar-refractivity contribution is 5.96. The smallest absolute Gasteiger partial charge is 0.138 e. The van der Waals surface area contributed by atoms with Crippen LogP contribution in [0.3, 0.4) is 0 Å². The number of nitriles is 1. The summed E-state index contributed by atoms with van der Waals surface area (Å²) in [6.45, 7) is 4.00. The Kier molecular flexibility index (Phi) is 7.97. The van der Waals surface area contributed by atoms with Crippen molar-refractivity contribution < 1.29 is 0 Å². The molecule has 0 bridgehead atoms. The molecule has 0 saturated carbocycles. The largest absolute Gasteiger partial charge is 0.368 e. The first-order valence-electron chi connectivity index (χ1n) is 16.7. The molecule has 6 nitrogen and oxygen atoms in total. The summed E-state index contributed by atoms with van der Waals surface area (Å²) in [5.74, 6) is 0. The van der Waals surface area contributed by atoms with Crippen molar-refractivity contribution in [3.8, 4) is 28.5 Å². The summed E-state index contributed by atoms with van der Waals surface area (Å²) in [7, 11) is 2.18. The molecule has 1 aliphatic heterocycles. The van der Waals surface area contributed by atoms with E-state index in [-0.39, 0.29) is 0 Å². The van der Waals surface area contributed by atoms with E-state index in [0.717, 1.165) is 76.2 Å². The van der Waals surface area contributed by atoms with Crippen molar-refractivity contribution in [2.24, 2.45) is 0 Å². The summed E-state index contributed by atoms with van der Waals surface area (Å²) >= 11 is 0. The van der Waals surface area contributed by atoms with Crippen LogP contribution in [0, 0.1) is 11.3 Å². The van der Waals surface area contributed by atoms with E-state index in [1.165, 1.54) is 5.69 Å². The first-order valence-corrected chi connectivity index (χ1v) is 16.7. The maximum Gasteiger partial charge on any atom is 0.138 e. The molecule has 0 amide bonds. The standard InChI is InChI=1S/C43H36N6/c1-47-25-27-48(28-26-47)41-23-24-45-40-22-21-34(29-38(40)41)39-31-49(46-42(39)33-19-17-32(30-44)18-20-33)43(35-11-5-2-6-12-35,36-13-7-3-8-14-36)37-15-9-4-10-16-37/h2-24,29,31H,25-28H2,1H3. The molecule has 1 aliphatic rings. The molecule has 0 atom stereocenters. The molecule has 49 heavy (non-hydrogen) atoms. The van der Waals surface area contributed by atoms with E-state index in [0.29, 0.717) is 5.56 Å². The van der Waals surface area contributed by atoms with Crippen molar-refractivity contribution in [2.75, 3.05) is 38.1 Å². The normalized spacial score (nSPS) is 13.8. The SMILES string of the molecule is CN1CCN(c2ccnc3ccc(-c4cn(C(c5ccccc5)(c5ccccc5)c5ccccc5)nc4-c4ccc(C#N)cc4)cc23)CC1. The number of nitrogens with zero attached hydrogens (tertiary/aromatic N) is 6. The zero-order valence-corrected chi connectivity index (χ0v) is 27.4. The lowest BCUT2D eigenvalue weighted by Gasteiger charge is -2.36. The number of pyridine rings is 1. The Morgan fingerprint density at radius 2 is 1.22 bits per heavy atom. The van der Waals surface area contributed by atoms with Gasteiger partial charge >= 0.3 is 0 Å². The van der Waals surface area contributed by atoms with Gasteiger partial charge < -0.3 is 9.80 Å². The highest BCUT2D eigenvalue weighted by Crippen LogP contribution is 2.44. The zero-order chi connectivity index (χ0) is 33.2. The van der Waals surface area contributed by atoms with Crippen LogP contribution in [-0.4, -0.2) is 52.9 Å². The summed E-state index contributed by atoms with van der Waals surface area (Å²) in [6, 6.07) is 50.6. The number of likely N-dealkylation sites (N-methyl/N-ethyl adjacent to an activating group) is 1. The summed E-state index contributed by atoms with van der Waals surface area (Å²) in [4.78, 5) is 9.61. The number of benzene rings is 5. The van der Waals surface area contributed by atoms with Crippen molar-refractivity contribution >= 4 is 16.6 Å². The van der Waals surface area contributed by atoms with Crippen LogP contribution in [0.15, 0.2) is 152 Å². The predicted octanol–water partition coefficient (Wildman–Crippen LogP) is 8.23. The quantitative estimate of drug-likeness (QED) is 0.165. The van der Waals surface area contributed by atoms with Crippen molar-refractivity contribution in [3.63, 3.8) is 0 Å². The molecule has 0 radical (unpaired) electrons. The topological polar surface area (TPSA) is 61.0 Å². The molecular weight excluding hydrogens is 601 g/mol. The van der Waals surface area contributed by atoms with Gasteiger partial charge in [-0.15, -0.1) is 0 Å². The first kappa shape index (κ1) is 30.3. The molecule has 0 aliphatic carbocycles. The molecule has 1 fully saturated rings. The second-order valence-corrected chi connectivity index (χ2v) is 12.7. The second kappa shape index (κ2) is 12.9. The van der Waals surface area contributed by atoms with E-state index in [9.17, 15) is 5.26 Å². The Hall–Kier alpha value is -6.03. The maximum absolute atomic E-state index is 9.59. The molecule has 0 N–H and O–H groups in total. The first-order chi connectivity index (χ1) is 24.1. The van der Waals surface area contributed by atoms with Gasteiger partial charge in [0.1, 0.15) is 11.2 Å². The highest BCUT2D eigenvalue weighted by Gasteiger charge is 2.40. The maximum atomic E-state index is 9.59. The number of fused-ring (bicyclic) bond motifs is 1. The molecule has 2 aromatic heterocycles.